The molecule has 0 amide bonds. The summed E-state index contributed by atoms with van der Waals surface area (Å²) in [5, 5.41) is 19.9. The third-order valence-corrected chi connectivity index (χ3v) is 4.19. The Morgan fingerprint density at radius 1 is 1.12 bits per heavy atom. The first-order valence-electron chi connectivity index (χ1n) is 8.21. The van der Waals surface area contributed by atoms with Gasteiger partial charge in [0.15, 0.2) is 16.9 Å². The molecule has 0 saturated heterocycles. The summed E-state index contributed by atoms with van der Waals surface area (Å²) in [6.07, 6.45) is 2.40. The number of benzene rings is 2. The van der Waals surface area contributed by atoms with Crippen LogP contribution in [-0.2, 0) is 6.42 Å². The average molecular weight is 340 g/mol. The lowest BCUT2D eigenvalue weighted by Crippen LogP contribution is -2.11. The molecule has 0 aliphatic carbocycles. The Balaban J connectivity index is 2.29. The summed E-state index contributed by atoms with van der Waals surface area (Å²) in [4.78, 5) is 12.9. The number of rotatable bonds is 5. The van der Waals surface area contributed by atoms with Gasteiger partial charge in [-0.15, -0.1) is 0 Å². The van der Waals surface area contributed by atoms with Crippen LogP contribution in [0, 0.1) is 0 Å². The molecule has 3 rings (SSSR count). The van der Waals surface area contributed by atoms with Crippen LogP contribution in [0.15, 0.2) is 45.6 Å². The highest BCUT2D eigenvalue weighted by Crippen LogP contribution is 2.34. The summed E-state index contributed by atoms with van der Waals surface area (Å²) < 4.78 is 11.1. The van der Waals surface area contributed by atoms with Crippen molar-refractivity contribution in [3.05, 3.63) is 52.2 Å². The number of hydrogen-bond donors (Lipinski definition) is 2. The molecule has 0 bridgehead atoms. The molecule has 2 N–H and O–H groups in total. The zero-order chi connectivity index (χ0) is 18.0. The van der Waals surface area contributed by atoms with Gasteiger partial charge in [-0.1, -0.05) is 13.3 Å². The highest BCUT2D eigenvalue weighted by Gasteiger charge is 2.17. The van der Waals surface area contributed by atoms with Gasteiger partial charge < -0.3 is 19.4 Å². The summed E-state index contributed by atoms with van der Waals surface area (Å²) in [6.45, 7) is 2.06. The molecule has 0 fully saturated rings. The fourth-order valence-electron chi connectivity index (χ4n) is 2.85. The molecule has 25 heavy (non-hydrogen) atoms. The fourth-order valence-corrected chi connectivity index (χ4v) is 2.85. The Labute approximate surface area is 145 Å². The van der Waals surface area contributed by atoms with E-state index in [2.05, 4.69) is 6.92 Å². The lowest BCUT2D eigenvalue weighted by molar-refractivity contribution is 0.373. The zero-order valence-corrected chi connectivity index (χ0v) is 14.2. The van der Waals surface area contributed by atoms with E-state index in [9.17, 15) is 15.0 Å². The second kappa shape index (κ2) is 6.89. The van der Waals surface area contributed by atoms with Crippen LogP contribution in [0.5, 0.6) is 17.2 Å². The number of methoxy groups -OCH3 is 1. The van der Waals surface area contributed by atoms with Gasteiger partial charge in [0.1, 0.15) is 17.1 Å². The van der Waals surface area contributed by atoms with Crippen molar-refractivity contribution in [1.29, 1.82) is 0 Å². The van der Waals surface area contributed by atoms with Crippen LogP contribution in [0.4, 0.5) is 0 Å². The van der Waals surface area contributed by atoms with Crippen molar-refractivity contribution in [3.63, 3.8) is 0 Å². The van der Waals surface area contributed by atoms with E-state index in [4.69, 9.17) is 9.15 Å². The molecule has 0 aliphatic rings. The van der Waals surface area contributed by atoms with Crippen LogP contribution in [-0.4, -0.2) is 17.3 Å². The third kappa shape index (κ3) is 3.18. The normalized spacial score (nSPS) is 11.0. The van der Waals surface area contributed by atoms with Gasteiger partial charge in [0.25, 0.3) is 0 Å². The minimum Gasteiger partial charge on any atom is -0.508 e. The summed E-state index contributed by atoms with van der Waals surface area (Å²) in [6, 6.07) is 9.31. The summed E-state index contributed by atoms with van der Waals surface area (Å²) in [5.74, 6) is 0.792. The van der Waals surface area contributed by atoms with Crippen molar-refractivity contribution in [2.45, 2.75) is 26.2 Å². The number of ether oxygens (including phenoxy) is 1. The van der Waals surface area contributed by atoms with Crippen LogP contribution in [0.3, 0.4) is 0 Å². The van der Waals surface area contributed by atoms with E-state index in [1.165, 1.54) is 25.3 Å². The van der Waals surface area contributed by atoms with Gasteiger partial charge in [-0.25, -0.2) is 0 Å². The summed E-state index contributed by atoms with van der Waals surface area (Å²) in [7, 11) is 1.46. The van der Waals surface area contributed by atoms with E-state index in [0.717, 1.165) is 12.8 Å². The quantitative estimate of drug-likeness (QED) is 0.727. The largest absolute Gasteiger partial charge is 0.508 e. The molecule has 0 unspecified atom stereocenters. The second-order valence-corrected chi connectivity index (χ2v) is 5.91. The van der Waals surface area contributed by atoms with Crippen molar-refractivity contribution in [2.24, 2.45) is 0 Å². The topological polar surface area (TPSA) is 79.9 Å². The highest BCUT2D eigenvalue weighted by molar-refractivity contribution is 5.82. The molecule has 1 heterocycles. The van der Waals surface area contributed by atoms with Crippen LogP contribution >= 0.6 is 0 Å². The predicted octanol–water partition coefficient (Wildman–Crippen LogP) is 4.22. The maximum atomic E-state index is 12.9. The smallest absolute Gasteiger partial charge is 0.196 e. The Morgan fingerprint density at radius 3 is 2.64 bits per heavy atom. The SMILES string of the molecule is CCCCc1c(-c2ccc(O)c(OC)c2)oc2cc(O)ccc2c1=O. The molecule has 3 aromatic rings. The Kier molecular flexibility index (Phi) is 4.65. The fraction of sp³-hybridized carbons (Fsp3) is 0.250. The summed E-state index contributed by atoms with van der Waals surface area (Å²) in [5.41, 5.74) is 1.46. The number of fused-ring (bicyclic) bond motifs is 1. The Bertz CT molecular complexity index is 972. The van der Waals surface area contributed by atoms with Gasteiger partial charge in [0, 0.05) is 17.2 Å². The summed E-state index contributed by atoms with van der Waals surface area (Å²) >= 11 is 0. The molecular weight excluding hydrogens is 320 g/mol. The molecule has 0 spiro atoms. The van der Waals surface area contributed by atoms with E-state index in [-0.39, 0.29) is 16.9 Å². The van der Waals surface area contributed by atoms with Gasteiger partial charge in [-0.3, -0.25) is 4.79 Å². The van der Waals surface area contributed by atoms with E-state index in [1.54, 1.807) is 18.2 Å². The number of unbranched alkanes of at least 4 members (excludes halogenated alkanes) is 1. The average Bonchev–Trinajstić information content (AvgIpc) is 2.61. The van der Waals surface area contributed by atoms with Crippen molar-refractivity contribution >= 4 is 11.0 Å². The molecule has 5 nitrogen and oxygen atoms in total. The van der Waals surface area contributed by atoms with E-state index < -0.39 is 0 Å². The van der Waals surface area contributed by atoms with E-state index in [0.29, 0.717) is 40.0 Å². The molecule has 0 saturated carbocycles. The first kappa shape index (κ1) is 16.9. The van der Waals surface area contributed by atoms with Crippen molar-refractivity contribution < 1.29 is 19.4 Å². The lowest BCUT2D eigenvalue weighted by Gasteiger charge is -2.12. The molecule has 0 radical (unpaired) electrons. The van der Waals surface area contributed by atoms with Crippen LogP contribution < -0.4 is 10.2 Å². The van der Waals surface area contributed by atoms with Gasteiger partial charge in [-0.05, 0) is 43.2 Å². The molecule has 0 atom stereocenters. The van der Waals surface area contributed by atoms with Crippen LogP contribution in [0.1, 0.15) is 25.3 Å². The first-order chi connectivity index (χ1) is 12.0. The number of phenols is 2. The standard InChI is InChI=1S/C20H20O5/c1-3-4-5-15-19(23)14-8-7-13(21)11-17(14)25-20(15)12-6-9-16(22)18(10-12)24-2/h6-11,21-22H,3-5H2,1-2H3. The van der Waals surface area contributed by atoms with Crippen LogP contribution in [0.25, 0.3) is 22.3 Å². The zero-order valence-electron chi connectivity index (χ0n) is 14.2. The number of hydrogen-bond acceptors (Lipinski definition) is 5. The molecule has 2 aromatic carbocycles. The number of aromatic hydroxyl groups is 2. The monoisotopic (exact) mass is 340 g/mol. The third-order valence-electron chi connectivity index (χ3n) is 4.19. The minimum absolute atomic E-state index is 0.0159. The molecular formula is C20H20O5. The molecule has 0 aliphatic heterocycles. The minimum atomic E-state index is -0.100. The van der Waals surface area contributed by atoms with Crippen molar-refractivity contribution in [1.82, 2.24) is 0 Å². The number of phenolic OH excluding ortho intramolecular Hbond substituents is 2. The first-order valence-corrected chi connectivity index (χ1v) is 8.21. The predicted molar refractivity (Wildman–Crippen MR) is 96.4 cm³/mol. The van der Waals surface area contributed by atoms with E-state index in [1.807, 2.05) is 0 Å². The van der Waals surface area contributed by atoms with Gasteiger partial charge >= 0.3 is 0 Å². The lowest BCUT2D eigenvalue weighted by atomic mass is 10.00. The van der Waals surface area contributed by atoms with Gasteiger partial charge in [0.2, 0.25) is 0 Å². The highest BCUT2D eigenvalue weighted by atomic mass is 16.5. The van der Waals surface area contributed by atoms with Crippen LogP contribution in [0.2, 0.25) is 0 Å². The van der Waals surface area contributed by atoms with E-state index >= 15 is 0 Å². The molecule has 5 heteroatoms. The van der Waals surface area contributed by atoms with Gasteiger partial charge in [-0.2, -0.15) is 0 Å². The van der Waals surface area contributed by atoms with Gasteiger partial charge in [0.05, 0.1) is 12.5 Å². The van der Waals surface area contributed by atoms with Crippen molar-refractivity contribution in [2.75, 3.05) is 7.11 Å². The van der Waals surface area contributed by atoms with Crippen molar-refractivity contribution in [3.8, 4) is 28.6 Å². The Hall–Kier alpha value is -2.95. The second-order valence-electron chi connectivity index (χ2n) is 5.91. The Morgan fingerprint density at radius 2 is 1.92 bits per heavy atom. The molecule has 1 aromatic heterocycles. The maximum absolute atomic E-state index is 12.9. The maximum Gasteiger partial charge on any atom is 0.196 e. The molecule has 130 valence electrons.